The number of imidazole rings is 1. The van der Waals surface area contributed by atoms with Crippen LogP contribution >= 0.6 is 11.3 Å². The molecule has 0 saturated heterocycles. The van der Waals surface area contributed by atoms with Crippen LogP contribution in [0.4, 0.5) is 11.4 Å². The molecule has 9 heteroatoms. The van der Waals surface area contributed by atoms with E-state index in [0.29, 0.717) is 10.7 Å². The normalized spacial score (nSPS) is 11.2. The minimum Gasteiger partial charge on any atom is -0.290 e. The number of benzene rings is 2. The quantitative estimate of drug-likeness (QED) is 0.413. The number of nitrogens with zero attached hydrogens (tertiary/aromatic N) is 4. The first-order valence-electron chi connectivity index (χ1n) is 6.84. The van der Waals surface area contributed by atoms with Gasteiger partial charge in [-0.1, -0.05) is 11.3 Å². The molecule has 0 aliphatic heterocycles. The van der Waals surface area contributed by atoms with Crippen molar-refractivity contribution in [2.24, 2.45) is 0 Å². The molecule has 0 N–H and O–H groups in total. The van der Waals surface area contributed by atoms with Crippen LogP contribution in [-0.2, 0) is 0 Å². The Bertz CT molecular complexity index is 1110. The summed E-state index contributed by atoms with van der Waals surface area (Å²) in [6.07, 6.45) is 1.82. The van der Waals surface area contributed by atoms with Gasteiger partial charge in [0.1, 0.15) is 0 Å². The van der Waals surface area contributed by atoms with Gasteiger partial charge in [-0.15, -0.1) is 0 Å². The minimum atomic E-state index is -0.448. The molecule has 0 spiro atoms. The average Bonchev–Trinajstić information content (AvgIpc) is 3.11. The Hall–Kier alpha value is -3.33. The fourth-order valence-electron chi connectivity index (χ4n) is 2.50. The lowest BCUT2D eigenvalue weighted by atomic mass is 10.1. The first-order valence-corrected chi connectivity index (χ1v) is 7.65. The van der Waals surface area contributed by atoms with E-state index in [4.69, 9.17) is 0 Å². The molecule has 24 heavy (non-hydrogen) atoms. The van der Waals surface area contributed by atoms with Gasteiger partial charge in [0, 0.05) is 36.0 Å². The molecular formula is C15H8N4O4S. The highest BCUT2D eigenvalue weighted by Gasteiger charge is 2.14. The first kappa shape index (κ1) is 14.3. The molecule has 0 radical (unpaired) electrons. The summed E-state index contributed by atoms with van der Waals surface area (Å²) >= 11 is 1.36. The van der Waals surface area contributed by atoms with Gasteiger partial charge in [-0.25, -0.2) is 4.98 Å². The third-order valence-corrected chi connectivity index (χ3v) is 4.68. The van der Waals surface area contributed by atoms with E-state index < -0.39 is 9.85 Å². The Morgan fingerprint density at radius 2 is 1.62 bits per heavy atom. The molecular weight excluding hydrogens is 332 g/mol. The van der Waals surface area contributed by atoms with E-state index in [1.54, 1.807) is 18.2 Å². The second-order valence-electron chi connectivity index (χ2n) is 5.09. The number of hydrogen-bond donors (Lipinski definition) is 0. The van der Waals surface area contributed by atoms with E-state index in [1.165, 1.54) is 35.6 Å². The zero-order valence-corrected chi connectivity index (χ0v) is 12.8. The van der Waals surface area contributed by atoms with Crippen molar-refractivity contribution < 1.29 is 9.85 Å². The largest absolute Gasteiger partial charge is 0.290 e. The fraction of sp³-hybridized carbons (Fsp3) is 0. The lowest BCUT2D eigenvalue weighted by Gasteiger charge is -1.96. The SMILES string of the molecule is O=[N+]([O-])c1ccc(-c2cn3c(n2)sc2cc([N+](=O)[O-])ccc23)cc1. The van der Waals surface area contributed by atoms with E-state index in [1.807, 2.05) is 10.6 Å². The third kappa shape index (κ3) is 2.18. The Morgan fingerprint density at radius 3 is 2.29 bits per heavy atom. The summed E-state index contributed by atoms with van der Waals surface area (Å²) in [5.41, 5.74) is 2.37. The molecule has 8 nitrogen and oxygen atoms in total. The topological polar surface area (TPSA) is 104 Å². The second-order valence-corrected chi connectivity index (χ2v) is 6.10. The lowest BCUT2D eigenvalue weighted by molar-refractivity contribution is -0.385. The molecule has 2 aromatic heterocycles. The molecule has 0 atom stereocenters. The number of nitro benzene ring substituents is 2. The van der Waals surface area contributed by atoms with Gasteiger partial charge >= 0.3 is 0 Å². The van der Waals surface area contributed by atoms with Crippen molar-refractivity contribution in [3.63, 3.8) is 0 Å². The molecule has 0 aliphatic carbocycles. The van der Waals surface area contributed by atoms with Gasteiger partial charge in [-0.3, -0.25) is 24.6 Å². The van der Waals surface area contributed by atoms with Crippen LogP contribution in [0.25, 0.3) is 26.4 Å². The summed E-state index contributed by atoms with van der Waals surface area (Å²) < 4.78 is 2.64. The maximum absolute atomic E-state index is 10.9. The van der Waals surface area contributed by atoms with Crippen molar-refractivity contribution in [1.29, 1.82) is 0 Å². The Balaban J connectivity index is 1.81. The summed E-state index contributed by atoms with van der Waals surface area (Å²) in [6.45, 7) is 0. The van der Waals surface area contributed by atoms with Crippen LogP contribution in [0.5, 0.6) is 0 Å². The molecule has 0 aliphatic rings. The highest BCUT2D eigenvalue weighted by atomic mass is 32.1. The lowest BCUT2D eigenvalue weighted by Crippen LogP contribution is -1.87. The smallest absolute Gasteiger partial charge is 0.270 e. The molecule has 4 rings (SSSR count). The van der Waals surface area contributed by atoms with Crippen molar-refractivity contribution >= 4 is 37.9 Å². The molecule has 4 aromatic rings. The van der Waals surface area contributed by atoms with Crippen molar-refractivity contribution in [3.05, 3.63) is 68.9 Å². The predicted molar refractivity (Wildman–Crippen MR) is 89.3 cm³/mol. The number of fused-ring (bicyclic) bond motifs is 3. The van der Waals surface area contributed by atoms with Crippen LogP contribution in [0.15, 0.2) is 48.7 Å². The second kappa shape index (κ2) is 5.10. The van der Waals surface area contributed by atoms with E-state index in [-0.39, 0.29) is 11.4 Å². The van der Waals surface area contributed by atoms with Gasteiger partial charge < -0.3 is 0 Å². The van der Waals surface area contributed by atoms with Gasteiger partial charge in [0.05, 0.1) is 25.8 Å². The molecule has 0 bridgehead atoms. The molecule has 0 unspecified atom stereocenters. The highest BCUT2D eigenvalue weighted by Crippen LogP contribution is 2.32. The number of nitro groups is 2. The standard InChI is InChI=1S/C15H8N4O4S/c20-18(21)10-3-1-9(2-4-10)12-8-17-13-6-5-11(19(22)23)7-14(13)24-15(17)16-12/h1-8H. The summed E-state index contributed by atoms with van der Waals surface area (Å²) in [6, 6.07) is 10.8. The van der Waals surface area contributed by atoms with Gasteiger partial charge in [0.15, 0.2) is 4.96 Å². The van der Waals surface area contributed by atoms with Gasteiger partial charge in [-0.2, -0.15) is 0 Å². The number of hydrogen-bond acceptors (Lipinski definition) is 6. The summed E-state index contributed by atoms with van der Waals surface area (Å²) in [5.74, 6) is 0. The molecule has 0 fully saturated rings. The maximum atomic E-state index is 10.9. The molecule has 118 valence electrons. The van der Waals surface area contributed by atoms with Crippen molar-refractivity contribution in [2.45, 2.75) is 0 Å². The van der Waals surface area contributed by atoms with Gasteiger partial charge in [0.25, 0.3) is 11.4 Å². The molecule has 0 saturated carbocycles. The van der Waals surface area contributed by atoms with E-state index in [9.17, 15) is 20.2 Å². The van der Waals surface area contributed by atoms with E-state index >= 15 is 0 Å². The van der Waals surface area contributed by atoms with Crippen LogP contribution in [-0.4, -0.2) is 19.2 Å². The van der Waals surface area contributed by atoms with Crippen molar-refractivity contribution in [2.75, 3.05) is 0 Å². The maximum Gasteiger partial charge on any atom is 0.270 e. The van der Waals surface area contributed by atoms with Crippen LogP contribution in [0.3, 0.4) is 0 Å². The van der Waals surface area contributed by atoms with Crippen LogP contribution in [0.1, 0.15) is 0 Å². The highest BCUT2D eigenvalue weighted by molar-refractivity contribution is 7.23. The van der Waals surface area contributed by atoms with Crippen LogP contribution < -0.4 is 0 Å². The molecule has 2 heterocycles. The molecule has 2 aromatic carbocycles. The fourth-order valence-corrected chi connectivity index (χ4v) is 3.54. The number of thiazole rings is 1. The monoisotopic (exact) mass is 340 g/mol. The Labute approximate surface area is 137 Å². The van der Waals surface area contributed by atoms with Gasteiger partial charge in [0.2, 0.25) is 0 Å². The zero-order chi connectivity index (χ0) is 16.8. The van der Waals surface area contributed by atoms with Gasteiger partial charge in [-0.05, 0) is 18.2 Å². The van der Waals surface area contributed by atoms with Crippen LogP contribution in [0.2, 0.25) is 0 Å². The summed E-state index contributed by atoms with van der Waals surface area (Å²) in [5, 5.41) is 21.6. The number of aromatic nitrogens is 2. The number of rotatable bonds is 3. The summed E-state index contributed by atoms with van der Waals surface area (Å²) in [7, 11) is 0. The first-order chi connectivity index (χ1) is 11.5. The minimum absolute atomic E-state index is 0.0255. The molecule has 0 amide bonds. The number of non-ortho nitro benzene ring substituents is 2. The Kier molecular flexibility index (Phi) is 3.03. The van der Waals surface area contributed by atoms with Crippen LogP contribution in [0, 0.1) is 20.2 Å². The van der Waals surface area contributed by atoms with E-state index in [2.05, 4.69) is 4.98 Å². The average molecular weight is 340 g/mol. The van der Waals surface area contributed by atoms with Crippen molar-refractivity contribution in [3.8, 4) is 11.3 Å². The van der Waals surface area contributed by atoms with E-state index in [0.717, 1.165) is 15.8 Å². The third-order valence-electron chi connectivity index (χ3n) is 3.66. The predicted octanol–water partition coefficient (Wildman–Crippen LogP) is 4.03. The van der Waals surface area contributed by atoms with Crippen molar-refractivity contribution in [1.82, 2.24) is 9.38 Å². The zero-order valence-electron chi connectivity index (χ0n) is 11.9. The summed E-state index contributed by atoms with van der Waals surface area (Å²) in [4.78, 5) is 25.9. The Morgan fingerprint density at radius 1 is 0.958 bits per heavy atom.